The Labute approximate surface area is 117 Å². The molecule has 0 aliphatic heterocycles. The molecule has 2 rings (SSSR count). The first-order valence-corrected chi connectivity index (χ1v) is 6.85. The average molecular weight is 280 g/mol. The van der Waals surface area contributed by atoms with Crippen LogP contribution in [0.5, 0.6) is 0 Å². The molecule has 6 heteroatoms. The highest BCUT2D eigenvalue weighted by Crippen LogP contribution is 2.18. The van der Waals surface area contributed by atoms with Crippen molar-refractivity contribution in [1.82, 2.24) is 10.6 Å². The van der Waals surface area contributed by atoms with Crippen molar-refractivity contribution in [1.29, 1.82) is 0 Å². The number of hydrogen-bond acceptors (Lipinski definition) is 5. The molecule has 20 heavy (non-hydrogen) atoms. The molecule has 1 amide bonds. The van der Waals surface area contributed by atoms with Gasteiger partial charge in [0, 0.05) is 24.6 Å². The third kappa shape index (κ3) is 4.38. The molecule has 0 spiro atoms. The molecule has 0 aromatic carbocycles. The second-order valence-electron chi connectivity index (χ2n) is 4.89. The Bertz CT molecular complexity index is 465. The lowest BCUT2D eigenvalue weighted by atomic mass is 10.2. The van der Waals surface area contributed by atoms with Gasteiger partial charge in [-0.15, -0.1) is 0 Å². The Balaban J connectivity index is 1.62. The summed E-state index contributed by atoms with van der Waals surface area (Å²) in [6.07, 6.45) is 4.98. The normalized spacial score (nSPS) is 14.1. The smallest absolute Gasteiger partial charge is 0.374 e. The third-order valence-corrected chi connectivity index (χ3v) is 3.13. The maximum atomic E-state index is 11.5. The second kappa shape index (κ2) is 7.09. The quantitative estimate of drug-likeness (QED) is 0.552. The van der Waals surface area contributed by atoms with Crippen LogP contribution in [-0.2, 0) is 16.1 Å². The Morgan fingerprint density at radius 2 is 2.25 bits per heavy atom. The lowest BCUT2D eigenvalue weighted by Crippen LogP contribution is -2.26. The van der Waals surface area contributed by atoms with Gasteiger partial charge < -0.3 is 19.8 Å². The minimum absolute atomic E-state index is 0.118. The predicted molar refractivity (Wildman–Crippen MR) is 72.2 cm³/mol. The molecule has 0 radical (unpaired) electrons. The van der Waals surface area contributed by atoms with Crippen LogP contribution in [0.2, 0.25) is 0 Å². The Morgan fingerprint density at radius 3 is 2.95 bits per heavy atom. The van der Waals surface area contributed by atoms with Crippen LogP contribution in [0.25, 0.3) is 0 Å². The molecule has 0 unspecified atom stereocenters. The first kappa shape index (κ1) is 14.6. The lowest BCUT2D eigenvalue weighted by Gasteiger charge is -2.05. The van der Waals surface area contributed by atoms with E-state index in [0.717, 1.165) is 24.8 Å². The van der Waals surface area contributed by atoms with Crippen molar-refractivity contribution in [2.24, 2.45) is 0 Å². The maximum Gasteiger partial charge on any atom is 0.374 e. The van der Waals surface area contributed by atoms with Crippen molar-refractivity contribution in [3.05, 3.63) is 23.7 Å². The molecule has 1 aliphatic rings. The summed E-state index contributed by atoms with van der Waals surface area (Å²) < 4.78 is 9.71. The van der Waals surface area contributed by atoms with Crippen LogP contribution >= 0.6 is 0 Å². The molecule has 110 valence electrons. The van der Waals surface area contributed by atoms with Gasteiger partial charge in [0.2, 0.25) is 11.7 Å². The van der Waals surface area contributed by atoms with Crippen molar-refractivity contribution in [2.75, 3.05) is 13.7 Å². The largest absolute Gasteiger partial charge is 0.463 e. The number of hydrogen-bond donors (Lipinski definition) is 2. The third-order valence-electron chi connectivity index (χ3n) is 3.13. The second-order valence-corrected chi connectivity index (χ2v) is 4.89. The van der Waals surface area contributed by atoms with E-state index in [4.69, 9.17) is 4.42 Å². The number of rotatable bonds is 8. The van der Waals surface area contributed by atoms with E-state index < -0.39 is 5.97 Å². The molecule has 2 N–H and O–H groups in total. The summed E-state index contributed by atoms with van der Waals surface area (Å²) in [5, 5.41) is 6.13. The number of methoxy groups -OCH3 is 1. The van der Waals surface area contributed by atoms with E-state index in [9.17, 15) is 9.59 Å². The van der Waals surface area contributed by atoms with Crippen LogP contribution in [0, 0.1) is 0 Å². The van der Waals surface area contributed by atoms with E-state index in [0.29, 0.717) is 25.6 Å². The standard InChI is InChI=1S/C14H20N2O4/c1-19-14(18)13-10(6-8-20-13)9-15-7-2-3-12(17)16-11-4-5-11/h6,8,11,15H,2-5,7,9H2,1H3,(H,16,17). The Kier molecular flexibility index (Phi) is 5.17. The van der Waals surface area contributed by atoms with Gasteiger partial charge >= 0.3 is 5.97 Å². The van der Waals surface area contributed by atoms with Crippen LogP contribution in [0.1, 0.15) is 41.8 Å². The number of ether oxygens (including phenoxy) is 1. The zero-order valence-electron chi connectivity index (χ0n) is 11.6. The molecule has 0 saturated heterocycles. The summed E-state index contributed by atoms with van der Waals surface area (Å²) in [6, 6.07) is 2.16. The summed E-state index contributed by atoms with van der Waals surface area (Å²) in [4.78, 5) is 22.8. The monoisotopic (exact) mass is 280 g/mol. The van der Waals surface area contributed by atoms with E-state index in [2.05, 4.69) is 15.4 Å². The molecule has 1 saturated carbocycles. The molecular weight excluding hydrogens is 260 g/mol. The summed E-state index contributed by atoms with van der Waals surface area (Å²) in [5.74, 6) is -0.130. The highest BCUT2D eigenvalue weighted by molar-refractivity contribution is 5.87. The number of nitrogens with one attached hydrogen (secondary N) is 2. The van der Waals surface area contributed by atoms with Gasteiger partial charge in [0.15, 0.2) is 0 Å². The van der Waals surface area contributed by atoms with E-state index >= 15 is 0 Å². The number of amides is 1. The molecule has 0 bridgehead atoms. The molecule has 6 nitrogen and oxygen atoms in total. The van der Waals surface area contributed by atoms with Gasteiger partial charge in [0.1, 0.15) is 0 Å². The molecule has 1 fully saturated rings. The molecule has 0 atom stereocenters. The van der Waals surface area contributed by atoms with Crippen molar-refractivity contribution >= 4 is 11.9 Å². The topological polar surface area (TPSA) is 80.6 Å². The van der Waals surface area contributed by atoms with Gasteiger partial charge in [-0.25, -0.2) is 4.79 Å². The van der Waals surface area contributed by atoms with E-state index in [1.165, 1.54) is 13.4 Å². The fourth-order valence-electron chi connectivity index (χ4n) is 1.87. The van der Waals surface area contributed by atoms with E-state index in [1.807, 2.05) is 0 Å². The van der Waals surface area contributed by atoms with Gasteiger partial charge in [-0.2, -0.15) is 0 Å². The fraction of sp³-hybridized carbons (Fsp3) is 0.571. The Morgan fingerprint density at radius 1 is 1.45 bits per heavy atom. The Hall–Kier alpha value is -1.82. The molecule has 1 heterocycles. The summed E-state index contributed by atoms with van der Waals surface area (Å²) >= 11 is 0. The zero-order valence-corrected chi connectivity index (χ0v) is 11.6. The lowest BCUT2D eigenvalue weighted by molar-refractivity contribution is -0.121. The van der Waals surface area contributed by atoms with Crippen LogP contribution in [0.4, 0.5) is 0 Å². The van der Waals surface area contributed by atoms with Crippen LogP contribution in [0.15, 0.2) is 16.7 Å². The van der Waals surface area contributed by atoms with Crippen molar-refractivity contribution in [3.63, 3.8) is 0 Å². The SMILES string of the molecule is COC(=O)c1occc1CNCCCC(=O)NC1CC1. The zero-order chi connectivity index (χ0) is 14.4. The van der Waals surface area contributed by atoms with E-state index in [1.54, 1.807) is 6.07 Å². The highest BCUT2D eigenvalue weighted by Gasteiger charge is 2.22. The minimum atomic E-state index is -0.476. The van der Waals surface area contributed by atoms with Gasteiger partial charge in [0.05, 0.1) is 13.4 Å². The summed E-state index contributed by atoms with van der Waals surface area (Å²) in [6.45, 7) is 1.23. The minimum Gasteiger partial charge on any atom is -0.463 e. The van der Waals surface area contributed by atoms with Crippen molar-refractivity contribution in [3.8, 4) is 0 Å². The predicted octanol–water partition coefficient (Wildman–Crippen LogP) is 1.21. The van der Waals surface area contributed by atoms with Crippen LogP contribution in [-0.4, -0.2) is 31.6 Å². The number of furan rings is 1. The fourth-order valence-corrected chi connectivity index (χ4v) is 1.87. The average Bonchev–Trinajstić information content (AvgIpc) is 3.12. The van der Waals surface area contributed by atoms with Gasteiger partial charge in [-0.1, -0.05) is 0 Å². The summed E-state index contributed by atoms with van der Waals surface area (Å²) in [5.41, 5.74) is 0.763. The van der Waals surface area contributed by atoms with Crippen molar-refractivity contribution < 1.29 is 18.7 Å². The first-order chi connectivity index (χ1) is 9.70. The molecule has 1 aromatic heterocycles. The van der Waals surface area contributed by atoms with Crippen LogP contribution < -0.4 is 10.6 Å². The van der Waals surface area contributed by atoms with E-state index in [-0.39, 0.29) is 11.7 Å². The van der Waals surface area contributed by atoms with Crippen LogP contribution in [0.3, 0.4) is 0 Å². The van der Waals surface area contributed by atoms with Gasteiger partial charge in [-0.05, 0) is 31.9 Å². The molecule has 1 aromatic rings. The van der Waals surface area contributed by atoms with Gasteiger partial charge in [-0.3, -0.25) is 4.79 Å². The summed E-state index contributed by atoms with van der Waals surface area (Å²) in [7, 11) is 1.32. The number of carbonyl (C=O) groups is 2. The first-order valence-electron chi connectivity index (χ1n) is 6.85. The highest BCUT2D eigenvalue weighted by atomic mass is 16.5. The van der Waals surface area contributed by atoms with Crippen molar-refractivity contribution in [2.45, 2.75) is 38.3 Å². The number of carbonyl (C=O) groups excluding carboxylic acids is 2. The maximum absolute atomic E-state index is 11.5. The van der Waals surface area contributed by atoms with Gasteiger partial charge in [0.25, 0.3) is 0 Å². The number of esters is 1. The molecule has 1 aliphatic carbocycles. The molecular formula is C14H20N2O4.